The van der Waals surface area contributed by atoms with Crippen LogP contribution in [0, 0.1) is 16.0 Å². The van der Waals surface area contributed by atoms with Crippen molar-refractivity contribution in [3.05, 3.63) is 28.4 Å². The van der Waals surface area contributed by atoms with Crippen LogP contribution in [-0.2, 0) is 9.53 Å². The maximum Gasteiger partial charge on any atom is 0.328 e. The first kappa shape index (κ1) is 14.9. The first-order chi connectivity index (χ1) is 8.95. The number of esters is 1. The number of nitrogens with zero attached hydrogens (tertiary/aromatic N) is 2. The number of carbonyl (C=O) groups excluding carboxylic acids is 1. The fourth-order valence-electron chi connectivity index (χ4n) is 1.47. The summed E-state index contributed by atoms with van der Waals surface area (Å²) in [7, 11) is 0. The van der Waals surface area contributed by atoms with E-state index in [1.165, 1.54) is 12.1 Å². The number of aromatic nitrogens is 1. The number of hydrogen-bond donors (Lipinski definition) is 1. The predicted octanol–water partition coefficient (Wildman–Crippen LogP) is 1.99. The zero-order valence-corrected chi connectivity index (χ0v) is 11.1. The van der Waals surface area contributed by atoms with E-state index in [1.807, 2.05) is 13.8 Å². The zero-order chi connectivity index (χ0) is 14.4. The summed E-state index contributed by atoms with van der Waals surface area (Å²) in [6.07, 6.45) is 1.14. The smallest absolute Gasteiger partial charge is 0.328 e. The third-order valence-electron chi connectivity index (χ3n) is 2.47. The Morgan fingerprint density at radius 3 is 2.63 bits per heavy atom. The second-order valence-electron chi connectivity index (χ2n) is 4.28. The molecule has 1 heterocycles. The quantitative estimate of drug-likeness (QED) is 0.481. The fourth-order valence-corrected chi connectivity index (χ4v) is 1.47. The number of nitrogens with one attached hydrogen (secondary N) is 1. The number of rotatable bonds is 6. The molecule has 1 aromatic rings. The van der Waals surface area contributed by atoms with Crippen LogP contribution in [0.2, 0.25) is 0 Å². The van der Waals surface area contributed by atoms with Crippen molar-refractivity contribution in [2.24, 2.45) is 5.92 Å². The van der Waals surface area contributed by atoms with Crippen molar-refractivity contribution in [3.63, 3.8) is 0 Å². The summed E-state index contributed by atoms with van der Waals surface area (Å²) in [5.41, 5.74) is -0.0946. The molecule has 7 nitrogen and oxygen atoms in total. The van der Waals surface area contributed by atoms with Crippen LogP contribution in [0.3, 0.4) is 0 Å². The lowest BCUT2D eigenvalue weighted by Gasteiger charge is -2.20. The van der Waals surface area contributed by atoms with Crippen molar-refractivity contribution in [3.8, 4) is 0 Å². The highest BCUT2D eigenvalue weighted by molar-refractivity contribution is 5.79. The van der Waals surface area contributed by atoms with Crippen molar-refractivity contribution in [1.29, 1.82) is 0 Å². The molecule has 0 fully saturated rings. The molecule has 1 rings (SSSR count). The lowest BCUT2D eigenvalue weighted by atomic mass is 10.0. The minimum Gasteiger partial charge on any atom is -0.464 e. The highest BCUT2D eigenvalue weighted by Crippen LogP contribution is 2.15. The molecule has 0 aliphatic carbocycles. The van der Waals surface area contributed by atoms with Gasteiger partial charge in [0.25, 0.3) is 5.69 Å². The number of ether oxygens (including phenoxy) is 1. The average Bonchev–Trinajstić information content (AvgIpc) is 2.36. The zero-order valence-electron chi connectivity index (χ0n) is 11.1. The Hall–Kier alpha value is -2.18. The Balaban J connectivity index is 2.79. The second-order valence-corrected chi connectivity index (χ2v) is 4.28. The summed E-state index contributed by atoms with van der Waals surface area (Å²) in [6, 6.07) is 2.26. The van der Waals surface area contributed by atoms with Crippen molar-refractivity contribution >= 4 is 17.5 Å². The molecular weight excluding hydrogens is 250 g/mol. The van der Waals surface area contributed by atoms with Gasteiger partial charge in [0.15, 0.2) is 0 Å². The van der Waals surface area contributed by atoms with Crippen LogP contribution in [0.15, 0.2) is 18.3 Å². The van der Waals surface area contributed by atoms with Gasteiger partial charge in [-0.2, -0.15) is 0 Å². The predicted molar refractivity (Wildman–Crippen MR) is 69.8 cm³/mol. The van der Waals surface area contributed by atoms with Gasteiger partial charge in [0.2, 0.25) is 0 Å². The standard InChI is InChI=1S/C12H17N3O4/c1-4-19-12(16)11(8(2)3)14-10-6-5-9(7-13-10)15(17)18/h5-8,11H,4H2,1-3H3,(H,13,14). The molecule has 7 heteroatoms. The Bertz CT molecular complexity index is 445. The van der Waals surface area contributed by atoms with Gasteiger partial charge in [0.1, 0.15) is 18.1 Å². The van der Waals surface area contributed by atoms with Gasteiger partial charge in [-0.15, -0.1) is 0 Å². The summed E-state index contributed by atoms with van der Waals surface area (Å²) >= 11 is 0. The molecule has 1 unspecified atom stereocenters. The Kier molecular flexibility index (Phi) is 5.23. The molecule has 104 valence electrons. The highest BCUT2D eigenvalue weighted by Gasteiger charge is 2.23. The van der Waals surface area contributed by atoms with Gasteiger partial charge in [-0.25, -0.2) is 9.78 Å². The van der Waals surface area contributed by atoms with Gasteiger partial charge >= 0.3 is 5.97 Å². The first-order valence-corrected chi connectivity index (χ1v) is 5.99. The Morgan fingerprint density at radius 1 is 1.53 bits per heavy atom. The van der Waals surface area contributed by atoms with Crippen molar-refractivity contribution in [2.45, 2.75) is 26.8 Å². The number of carbonyl (C=O) groups is 1. The minimum absolute atomic E-state index is 0.0102. The van der Waals surface area contributed by atoms with Gasteiger partial charge in [0, 0.05) is 6.07 Å². The van der Waals surface area contributed by atoms with Gasteiger partial charge in [0.05, 0.1) is 11.5 Å². The maximum absolute atomic E-state index is 11.7. The van der Waals surface area contributed by atoms with E-state index in [4.69, 9.17) is 4.74 Å². The van der Waals surface area contributed by atoms with Crippen LogP contribution in [0.1, 0.15) is 20.8 Å². The fraction of sp³-hybridized carbons (Fsp3) is 0.500. The van der Waals surface area contributed by atoms with Gasteiger partial charge in [-0.1, -0.05) is 13.8 Å². The molecular formula is C12H17N3O4. The van der Waals surface area contributed by atoms with E-state index in [0.717, 1.165) is 6.20 Å². The first-order valence-electron chi connectivity index (χ1n) is 5.99. The summed E-state index contributed by atoms with van der Waals surface area (Å²) in [5.74, 6) is 0.0473. The molecule has 0 saturated carbocycles. The Morgan fingerprint density at radius 2 is 2.21 bits per heavy atom. The topological polar surface area (TPSA) is 94.4 Å². The molecule has 0 radical (unpaired) electrons. The highest BCUT2D eigenvalue weighted by atomic mass is 16.6. The van der Waals surface area contributed by atoms with Gasteiger partial charge < -0.3 is 10.1 Å². The molecule has 1 atom stereocenters. The van der Waals surface area contributed by atoms with E-state index < -0.39 is 11.0 Å². The summed E-state index contributed by atoms with van der Waals surface area (Å²) in [6.45, 7) is 5.79. The third kappa shape index (κ3) is 4.20. The van der Waals surface area contributed by atoms with Crippen LogP contribution in [0.5, 0.6) is 0 Å². The van der Waals surface area contributed by atoms with E-state index in [1.54, 1.807) is 6.92 Å². The van der Waals surface area contributed by atoms with E-state index in [-0.39, 0.29) is 17.6 Å². The molecule has 0 saturated heterocycles. The SMILES string of the molecule is CCOC(=O)C(Nc1ccc([N+](=O)[O-])cn1)C(C)C. The molecule has 0 aliphatic heterocycles. The van der Waals surface area contributed by atoms with Crippen LogP contribution >= 0.6 is 0 Å². The van der Waals surface area contributed by atoms with Gasteiger partial charge in [-0.05, 0) is 18.9 Å². The van der Waals surface area contributed by atoms with Gasteiger partial charge in [-0.3, -0.25) is 10.1 Å². The second kappa shape index (κ2) is 6.67. The van der Waals surface area contributed by atoms with Crippen LogP contribution < -0.4 is 5.32 Å². The minimum atomic E-state index is -0.533. The normalized spacial score (nSPS) is 12.0. The van der Waals surface area contributed by atoms with Crippen LogP contribution in [-0.4, -0.2) is 28.5 Å². The van der Waals surface area contributed by atoms with E-state index in [9.17, 15) is 14.9 Å². The number of anilines is 1. The molecule has 0 aliphatic rings. The largest absolute Gasteiger partial charge is 0.464 e. The third-order valence-corrected chi connectivity index (χ3v) is 2.47. The lowest BCUT2D eigenvalue weighted by molar-refractivity contribution is -0.385. The molecule has 0 bridgehead atoms. The number of hydrogen-bond acceptors (Lipinski definition) is 6. The molecule has 19 heavy (non-hydrogen) atoms. The van der Waals surface area contributed by atoms with Crippen molar-refractivity contribution < 1.29 is 14.5 Å². The molecule has 0 amide bonds. The van der Waals surface area contributed by atoms with E-state index >= 15 is 0 Å². The number of nitro groups is 1. The molecule has 0 spiro atoms. The lowest BCUT2D eigenvalue weighted by Crippen LogP contribution is -2.36. The molecule has 1 N–H and O–H groups in total. The summed E-state index contributed by atoms with van der Waals surface area (Å²) in [4.78, 5) is 25.6. The monoisotopic (exact) mass is 267 g/mol. The van der Waals surface area contributed by atoms with Crippen LogP contribution in [0.25, 0.3) is 0 Å². The molecule has 0 aromatic carbocycles. The number of pyridine rings is 1. The van der Waals surface area contributed by atoms with E-state index in [0.29, 0.717) is 12.4 Å². The molecule has 1 aromatic heterocycles. The average molecular weight is 267 g/mol. The summed E-state index contributed by atoms with van der Waals surface area (Å²) in [5, 5.41) is 13.4. The van der Waals surface area contributed by atoms with Crippen molar-refractivity contribution in [1.82, 2.24) is 4.98 Å². The Labute approximate surface area is 111 Å². The summed E-state index contributed by atoms with van der Waals surface area (Å²) < 4.78 is 4.96. The van der Waals surface area contributed by atoms with Crippen LogP contribution in [0.4, 0.5) is 11.5 Å². The van der Waals surface area contributed by atoms with Crippen molar-refractivity contribution in [2.75, 3.05) is 11.9 Å². The van der Waals surface area contributed by atoms with E-state index in [2.05, 4.69) is 10.3 Å². The maximum atomic E-state index is 11.7.